The van der Waals surface area contributed by atoms with Crippen molar-refractivity contribution >= 4 is 27.7 Å². The number of carbonyl (C=O) groups is 2. The molecule has 2 rings (SSSR count). The first kappa shape index (κ1) is 22.4. The maximum atomic E-state index is 12.5. The van der Waals surface area contributed by atoms with E-state index >= 15 is 0 Å². The fraction of sp³-hybridized carbons (Fsp3) is 0.300. The fourth-order valence-electron chi connectivity index (χ4n) is 2.40. The van der Waals surface area contributed by atoms with Crippen LogP contribution < -0.4 is 15.4 Å². The Morgan fingerprint density at radius 1 is 1.07 bits per heavy atom. The summed E-state index contributed by atoms with van der Waals surface area (Å²) in [5, 5.41) is 5.41. The van der Waals surface area contributed by atoms with Crippen molar-refractivity contribution in [1.82, 2.24) is 10.0 Å². The van der Waals surface area contributed by atoms with E-state index in [2.05, 4.69) is 15.4 Å². The van der Waals surface area contributed by atoms with Crippen molar-refractivity contribution < 1.29 is 22.7 Å². The summed E-state index contributed by atoms with van der Waals surface area (Å²) in [6, 6.07) is 12.2. The van der Waals surface area contributed by atoms with Gasteiger partial charge in [0, 0.05) is 18.3 Å². The lowest BCUT2D eigenvalue weighted by molar-refractivity contribution is 0.0526. The van der Waals surface area contributed by atoms with Crippen molar-refractivity contribution in [3.63, 3.8) is 0 Å². The molecule has 8 nitrogen and oxygen atoms in total. The monoisotopic (exact) mass is 419 g/mol. The number of carbonyl (C=O) groups excluding carboxylic acids is 2. The second kappa shape index (κ2) is 10.0. The molecule has 3 N–H and O–H groups in total. The van der Waals surface area contributed by atoms with Crippen LogP contribution in [0.3, 0.4) is 0 Å². The van der Waals surface area contributed by atoms with Crippen molar-refractivity contribution in [2.45, 2.75) is 38.3 Å². The number of benzene rings is 2. The molecule has 0 unspecified atom stereocenters. The Kier molecular flexibility index (Phi) is 7.74. The van der Waals surface area contributed by atoms with Gasteiger partial charge in [0.15, 0.2) is 0 Å². The van der Waals surface area contributed by atoms with E-state index < -0.39 is 16.0 Å². The Labute approximate surface area is 170 Å². The molecule has 0 fully saturated rings. The first-order valence-corrected chi connectivity index (χ1v) is 10.6. The molecule has 0 spiro atoms. The Morgan fingerprint density at radius 3 is 2.38 bits per heavy atom. The van der Waals surface area contributed by atoms with Crippen LogP contribution in [0.1, 0.15) is 36.7 Å². The normalized spacial score (nSPS) is 11.2. The first-order chi connectivity index (χ1) is 13.7. The smallest absolute Gasteiger partial charge is 0.338 e. The van der Waals surface area contributed by atoms with Crippen molar-refractivity contribution in [2.75, 3.05) is 11.9 Å². The fourth-order valence-corrected chi connectivity index (χ4v) is 3.46. The van der Waals surface area contributed by atoms with Gasteiger partial charge in [0.1, 0.15) is 0 Å². The maximum absolute atomic E-state index is 12.5. The molecule has 0 atom stereocenters. The highest BCUT2D eigenvalue weighted by atomic mass is 32.2. The van der Waals surface area contributed by atoms with Crippen LogP contribution in [0.5, 0.6) is 0 Å². The van der Waals surface area contributed by atoms with Crippen LogP contribution in [0.25, 0.3) is 0 Å². The SMILES string of the molecule is CCOC(=O)c1cccc(S(=O)(=O)NCc2ccc(NC(=O)NC(C)C)cc2)c1. The van der Waals surface area contributed by atoms with Crippen molar-refractivity contribution in [1.29, 1.82) is 0 Å². The molecule has 156 valence electrons. The molecule has 0 saturated heterocycles. The predicted octanol–water partition coefficient (Wildman–Crippen LogP) is 2.87. The molecular weight excluding hydrogens is 394 g/mol. The van der Waals surface area contributed by atoms with Crippen LogP contribution in [-0.4, -0.2) is 33.1 Å². The molecule has 0 aromatic heterocycles. The van der Waals surface area contributed by atoms with Crippen LogP contribution in [0.4, 0.5) is 10.5 Å². The number of amides is 2. The summed E-state index contributed by atoms with van der Waals surface area (Å²) >= 11 is 0. The maximum Gasteiger partial charge on any atom is 0.338 e. The highest BCUT2D eigenvalue weighted by molar-refractivity contribution is 7.89. The van der Waals surface area contributed by atoms with Gasteiger partial charge in [0.05, 0.1) is 17.1 Å². The Morgan fingerprint density at radius 2 is 1.76 bits per heavy atom. The van der Waals surface area contributed by atoms with Gasteiger partial charge in [-0.05, 0) is 56.7 Å². The summed E-state index contributed by atoms with van der Waals surface area (Å²) in [7, 11) is -3.81. The average molecular weight is 420 g/mol. The summed E-state index contributed by atoms with van der Waals surface area (Å²) in [6.45, 7) is 5.66. The summed E-state index contributed by atoms with van der Waals surface area (Å²) in [5.41, 5.74) is 1.48. The minimum absolute atomic E-state index is 0.0195. The standard InChI is InChI=1S/C20H25N3O5S/c1-4-28-19(24)16-6-5-7-18(12-16)29(26,27)21-13-15-8-10-17(11-9-15)23-20(25)22-14(2)3/h5-12,14,21H,4,13H2,1-3H3,(H2,22,23,25). The van der Waals surface area contributed by atoms with Crippen LogP contribution in [0.2, 0.25) is 0 Å². The van der Waals surface area contributed by atoms with Crippen molar-refractivity contribution in [3.05, 3.63) is 59.7 Å². The molecule has 0 aliphatic carbocycles. The second-order valence-electron chi connectivity index (χ2n) is 6.52. The Hall–Kier alpha value is -2.91. The van der Waals surface area contributed by atoms with E-state index in [1.54, 1.807) is 31.2 Å². The number of nitrogens with one attached hydrogen (secondary N) is 3. The highest BCUT2D eigenvalue weighted by Crippen LogP contribution is 2.14. The van der Waals surface area contributed by atoms with Crippen molar-refractivity contribution in [2.24, 2.45) is 0 Å². The summed E-state index contributed by atoms with van der Waals surface area (Å²) in [6.07, 6.45) is 0. The third-order valence-electron chi connectivity index (χ3n) is 3.75. The van der Waals surface area contributed by atoms with Crippen molar-refractivity contribution in [3.8, 4) is 0 Å². The number of sulfonamides is 1. The van der Waals surface area contributed by atoms with E-state index in [4.69, 9.17) is 4.74 Å². The summed E-state index contributed by atoms with van der Waals surface area (Å²) < 4.78 is 32.4. The van der Waals surface area contributed by atoms with Crippen LogP contribution in [0, 0.1) is 0 Å². The number of esters is 1. The lowest BCUT2D eigenvalue weighted by Gasteiger charge is -2.11. The zero-order valence-electron chi connectivity index (χ0n) is 16.6. The van der Waals surface area contributed by atoms with Gasteiger partial charge in [-0.1, -0.05) is 18.2 Å². The third-order valence-corrected chi connectivity index (χ3v) is 5.15. The minimum atomic E-state index is -3.81. The van der Waals surface area contributed by atoms with Gasteiger partial charge in [-0.3, -0.25) is 0 Å². The Balaban J connectivity index is 2.01. The number of anilines is 1. The molecule has 0 heterocycles. The van der Waals surface area contributed by atoms with Gasteiger partial charge in [-0.15, -0.1) is 0 Å². The van der Waals surface area contributed by atoms with Crippen LogP contribution in [-0.2, 0) is 21.3 Å². The van der Waals surface area contributed by atoms with Crippen LogP contribution >= 0.6 is 0 Å². The molecule has 2 aromatic rings. The van der Waals surface area contributed by atoms with Gasteiger partial charge in [-0.25, -0.2) is 22.7 Å². The molecule has 2 aromatic carbocycles. The van der Waals surface area contributed by atoms with Gasteiger partial charge in [0.2, 0.25) is 10.0 Å². The molecule has 0 radical (unpaired) electrons. The quantitative estimate of drug-likeness (QED) is 0.570. The van der Waals surface area contributed by atoms with Gasteiger partial charge in [0.25, 0.3) is 0 Å². The lowest BCUT2D eigenvalue weighted by Crippen LogP contribution is -2.34. The van der Waals surface area contributed by atoms with E-state index in [1.165, 1.54) is 24.3 Å². The third kappa shape index (κ3) is 6.88. The first-order valence-electron chi connectivity index (χ1n) is 9.14. The van der Waals surface area contributed by atoms with E-state index in [0.717, 1.165) is 0 Å². The summed E-state index contributed by atoms with van der Waals surface area (Å²) in [5.74, 6) is -0.575. The molecule has 29 heavy (non-hydrogen) atoms. The van der Waals surface area contributed by atoms with E-state index in [0.29, 0.717) is 11.3 Å². The zero-order chi connectivity index (χ0) is 21.4. The summed E-state index contributed by atoms with van der Waals surface area (Å²) in [4.78, 5) is 23.5. The molecule has 0 aliphatic heterocycles. The number of hydrogen-bond acceptors (Lipinski definition) is 5. The molecule has 0 saturated carbocycles. The van der Waals surface area contributed by atoms with E-state index in [1.807, 2.05) is 13.8 Å². The number of hydrogen-bond donors (Lipinski definition) is 3. The molecule has 0 aliphatic rings. The van der Waals surface area contributed by atoms with Gasteiger partial charge >= 0.3 is 12.0 Å². The number of rotatable bonds is 8. The Bertz CT molecular complexity index is 956. The average Bonchev–Trinajstić information content (AvgIpc) is 2.67. The van der Waals surface area contributed by atoms with E-state index in [-0.39, 0.29) is 35.7 Å². The number of urea groups is 1. The molecule has 9 heteroatoms. The minimum Gasteiger partial charge on any atom is -0.462 e. The topological polar surface area (TPSA) is 114 Å². The largest absolute Gasteiger partial charge is 0.462 e. The number of ether oxygens (including phenoxy) is 1. The van der Waals surface area contributed by atoms with Gasteiger partial charge in [-0.2, -0.15) is 0 Å². The second-order valence-corrected chi connectivity index (χ2v) is 8.29. The highest BCUT2D eigenvalue weighted by Gasteiger charge is 2.16. The van der Waals surface area contributed by atoms with E-state index in [9.17, 15) is 18.0 Å². The van der Waals surface area contributed by atoms with Gasteiger partial charge < -0.3 is 15.4 Å². The predicted molar refractivity (Wildman–Crippen MR) is 110 cm³/mol. The zero-order valence-corrected chi connectivity index (χ0v) is 17.4. The molecular formula is C20H25N3O5S. The lowest BCUT2D eigenvalue weighted by atomic mass is 10.2. The molecule has 0 bridgehead atoms. The van der Waals surface area contributed by atoms with Crippen LogP contribution in [0.15, 0.2) is 53.4 Å². The molecule has 2 amide bonds.